The van der Waals surface area contributed by atoms with Crippen molar-refractivity contribution in [3.63, 3.8) is 0 Å². The van der Waals surface area contributed by atoms with E-state index >= 15 is 0 Å². The van der Waals surface area contributed by atoms with Gasteiger partial charge in [-0.2, -0.15) is 0 Å². The molecule has 3 fully saturated rings. The number of fused-ring (bicyclic) bond motifs is 2. The molecule has 3 saturated heterocycles. The van der Waals surface area contributed by atoms with Crippen LogP contribution in [0.1, 0.15) is 56.9 Å². The van der Waals surface area contributed by atoms with Crippen molar-refractivity contribution >= 4 is 46.5 Å². The van der Waals surface area contributed by atoms with E-state index in [0.717, 1.165) is 56.9 Å². The van der Waals surface area contributed by atoms with Gasteiger partial charge in [0.1, 0.15) is 17.8 Å². The number of nitrogens with zero attached hydrogens (tertiary/aromatic N) is 8. The van der Waals surface area contributed by atoms with Crippen molar-refractivity contribution < 1.29 is 24.6 Å². The largest absolute Gasteiger partial charge is 0.507 e. The normalized spacial score (nSPS) is 19.6. The number of piperazine rings is 1. The first-order valence-electron chi connectivity index (χ1n) is 22.6. The van der Waals surface area contributed by atoms with Gasteiger partial charge in [0.05, 0.1) is 40.0 Å². The zero-order valence-corrected chi connectivity index (χ0v) is 38.8. The van der Waals surface area contributed by atoms with Crippen LogP contribution in [0.5, 0.6) is 5.75 Å². The molecule has 346 valence electrons. The van der Waals surface area contributed by atoms with E-state index in [2.05, 4.69) is 35.6 Å². The van der Waals surface area contributed by atoms with Gasteiger partial charge in [-0.3, -0.25) is 14.4 Å². The number of aromatic hydroxyl groups is 1. The molecule has 6 heterocycles. The Kier molecular flexibility index (Phi) is 12.6. The fourth-order valence-electron chi connectivity index (χ4n) is 9.49. The number of anilines is 3. The summed E-state index contributed by atoms with van der Waals surface area (Å²) in [6.07, 6.45) is 4.90. The van der Waals surface area contributed by atoms with Crippen LogP contribution in [0.15, 0.2) is 96.8 Å². The second kappa shape index (κ2) is 18.7. The zero-order chi connectivity index (χ0) is 47.0. The van der Waals surface area contributed by atoms with Crippen LogP contribution in [0.3, 0.4) is 0 Å². The summed E-state index contributed by atoms with van der Waals surface area (Å²) in [7, 11) is 0. The van der Waals surface area contributed by atoms with Gasteiger partial charge in [0, 0.05) is 68.2 Å². The molecular formula is C50H55N11O5S. The van der Waals surface area contributed by atoms with Crippen molar-refractivity contribution in [2.45, 2.75) is 90.2 Å². The van der Waals surface area contributed by atoms with Gasteiger partial charge in [-0.25, -0.2) is 15.0 Å². The lowest BCUT2D eigenvalue weighted by Gasteiger charge is -2.42. The average Bonchev–Trinajstić information content (AvgIpc) is 4.01. The lowest BCUT2D eigenvalue weighted by molar-refractivity contribution is -0.144. The Morgan fingerprint density at radius 1 is 0.866 bits per heavy atom. The number of hydrogen-bond donors (Lipinski definition) is 5. The fourth-order valence-corrected chi connectivity index (χ4v) is 10.3. The van der Waals surface area contributed by atoms with E-state index in [-0.39, 0.29) is 55.6 Å². The van der Waals surface area contributed by atoms with E-state index in [1.165, 1.54) is 4.90 Å². The maximum atomic E-state index is 14.2. The van der Waals surface area contributed by atoms with Gasteiger partial charge in [0.15, 0.2) is 5.82 Å². The second-order valence-electron chi connectivity index (χ2n) is 18.8. The molecule has 5 atom stereocenters. The Labute approximate surface area is 393 Å². The van der Waals surface area contributed by atoms with Crippen molar-refractivity contribution in [2.75, 3.05) is 35.2 Å². The number of aliphatic hydroxyl groups is 1. The Morgan fingerprint density at radius 2 is 1.54 bits per heavy atom. The first-order valence-corrected chi connectivity index (χ1v) is 23.5. The minimum absolute atomic E-state index is 0.00432. The Balaban J connectivity index is 0.797. The molecule has 2 unspecified atom stereocenters. The SMILES string of the molecule is Cc1ncsc1-c1ccc(CNC(=O)[C@@H]2C[C@@H](O)CN2C(=O)[C@@H](NC(=O)Cc2ccc(-c3cnc(N4C5CCC4CN(c4cc(-c6ccccc6O)nnc4N)C5)nc3)cc2)C(C)(C)C)cc1. The van der Waals surface area contributed by atoms with E-state index < -0.39 is 29.5 Å². The summed E-state index contributed by atoms with van der Waals surface area (Å²) in [6, 6.07) is 23.0. The summed E-state index contributed by atoms with van der Waals surface area (Å²) in [5, 5.41) is 35.5. The number of β-amino-alcohol motifs (C(OH)–C–C–N with tert-alkyl or cyclic N) is 1. The van der Waals surface area contributed by atoms with Crippen LogP contribution in [-0.4, -0.2) is 108 Å². The Morgan fingerprint density at radius 3 is 2.19 bits per heavy atom. The Bertz CT molecular complexity index is 2750. The van der Waals surface area contributed by atoms with Crippen LogP contribution in [-0.2, 0) is 27.3 Å². The molecule has 3 amide bonds. The summed E-state index contributed by atoms with van der Waals surface area (Å²) in [5.74, 6) is 0.0429. The number of para-hydroxylation sites is 1. The molecule has 3 aliphatic heterocycles. The third kappa shape index (κ3) is 9.65. The predicted molar refractivity (Wildman–Crippen MR) is 258 cm³/mol. The number of benzene rings is 3. The second-order valence-corrected chi connectivity index (χ2v) is 19.7. The number of nitrogens with two attached hydrogens (primary N) is 1. The number of nitrogens with one attached hydrogen (secondary N) is 2. The van der Waals surface area contributed by atoms with E-state index in [1.807, 2.05) is 106 Å². The highest BCUT2D eigenvalue weighted by Crippen LogP contribution is 2.38. The number of rotatable bonds is 12. The number of thiazole rings is 1. The molecule has 0 spiro atoms. The highest BCUT2D eigenvalue weighted by atomic mass is 32.1. The van der Waals surface area contributed by atoms with E-state index in [4.69, 9.17) is 15.7 Å². The molecule has 3 aliphatic rings. The van der Waals surface area contributed by atoms with Crippen LogP contribution in [0.4, 0.5) is 17.5 Å². The third-order valence-electron chi connectivity index (χ3n) is 13.0. The predicted octanol–water partition coefficient (Wildman–Crippen LogP) is 5.53. The molecule has 6 aromatic rings. The monoisotopic (exact) mass is 921 g/mol. The number of likely N-dealkylation sites (tertiary alicyclic amines) is 1. The molecule has 0 saturated carbocycles. The molecule has 3 aromatic carbocycles. The van der Waals surface area contributed by atoms with Crippen LogP contribution in [0, 0.1) is 12.3 Å². The zero-order valence-electron chi connectivity index (χ0n) is 38.0. The summed E-state index contributed by atoms with van der Waals surface area (Å²) in [6.45, 7) is 9.26. The summed E-state index contributed by atoms with van der Waals surface area (Å²) in [4.78, 5) is 62.3. The van der Waals surface area contributed by atoms with Crippen LogP contribution < -0.4 is 26.2 Å². The summed E-state index contributed by atoms with van der Waals surface area (Å²) < 4.78 is 0. The molecule has 9 rings (SSSR count). The van der Waals surface area contributed by atoms with Crippen molar-refractivity contribution in [3.8, 4) is 38.6 Å². The van der Waals surface area contributed by atoms with E-state index in [1.54, 1.807) is 29.5 Å². The van der Waals surface area contributed by atoms with E-state index in [0.29, 0.717) is 36.1 Å². The number of hydrogen-bond acceptors (Lipinski definition) is 14. The number of aliphatic hydroxyl groups excluding tert-OH is 1. The Hall–Kier alpha value is -6.98. The highest BCUT2D eigenvalue weighted by Gasteiger charge is 2.45. The van der Waals surface area contributed by atoms with E-state index in [9.17, 15) is 24.6 Å². The molecule has 17 heteroatoms. The number of nitrogen functional groups attached to an aromatic ring is 1. The van der Waals surface area contributed by atoms with Gasteiger partial charge in [0.25, 0.3) is 0 Å². The smallest absolute Gasteiger partial charge is 0.246 e. The summed E-state index contributed by atoms with van der Waals surface area (Å²) in [5.41, 5.74) is 14.8. The number of aryl methyl sites for hydroxylation is 1. The molecule has 16 nitrogen and oxygen atoms in total. The lowest BCUT2D eigenvalue weighted by Crippen LogP contribution is -2.58. The van der Waals surface area contributed by atoms with Crippen molar-refractivity contribution in [3.05, 3.63) is 114 Å². The number of aromatic nitrogens is 5. The molecule has 0 radical (unpaired) electrons. The van der Waals surface area contributed by atoms with Crippen LogP contribution in [0.25, 0.3) is 32.8 Å². The number of carbonyl (C=O) groups excluding carboxylic acids is 3. The minimum atomic E-state index is -0.940. The standard InChI is InChI=1S/C50H55N11O5S/c1-29-44(67-28-55-29)33-15-11-31(12-16-33)22-52-47(65)41-20-37(62)27-60(41)48(66)45(50(2,3)4)56-43(64)19-30-9-13-32(14-10-30)34-23-53-49(54-24-34)61-35-17-18-36(61)26-59(25-35)40-21-39(57-58-46(40)51)38-7-5-6-8-42(38)63/h5-16,21,23-24,28,35-37,41,45,62-63H,17-20,22,25-27H2,1-4H3,(H2,51,58)(H,52,65)(H,56,64)/t35?,36?,37-,41+,45-/m1/s1. The number of amides is 3. The maximum Gasteiger partial charge on any atom is 0.246 e. The topological polar surface area (TPSA) is 216 Å². The van der Waals surface area contributed by atoms with Gasteiger partial charge in [-0.1, -0.05) is 81.4 Å². The summed E-state index contributed by atoms with van der Waals surface area (Å²) >= 11 is 1.58. The molecular weight excluding hydrogens is 867 g/mol. The lowest BCUT2D eigenvalue weighted by atomic mass is 9.85. The molecule has 6 N–H and O–H groups in total. The average molecular weight is 922 g/mol. The van der Waals surface area contributed by atoms with Crippen molar-refractivity contribution in [1.29, 1.82) is 0 Å². The van der Waals surface area contributed by atoms with Gasteiger partial charge in [-0.05, 0) is 65.6 Å². The third-order valence-corrected chi connectivity index (χ3v) is 14.0. The maximum absolute atomic E-state index is 14.2. The number of phenols is 1. The quantitative estimate of drug-likeness (QED) is 0.102. The van der Waals surface area contributed by atoms with Gasteiger partial charge in [-0.15, -0.1) is 21.5 Å². The first kappa shape index (κ1) is 45.2. The number of phenolic OH excluding ortho intramolecular Hbond substituents is 1. The molecule has 2 bridgehead atoms. The van der Waals surface area contributed by atoms with Crippen molar-refractivity contribution in [1.82, 2.24) is 40.7 Å². The first-order chi connectivity index (χ1) is 32.2. The van der Waals surface area contributed by atoms with Gasteiger partial charge < -0.3 is 41.3 Å². The fraction of sp³-hybridized carbons (Fsp3) is 0.360. The molecule has 0 aliphatic carbocycles. The van der Waals surface area contributed by atoms with Gasteiger partial charge in [0.2, 0.25) is 23.7 Å². The molecule has 67 heavy (non-hydrogen) atoms. The molecule has 3 aromatic heterocycles. The van der Waals surface area contributed by atoms with Crippen LogP contribution >= 0.6 is 11.3 Å². The van der Waals surface area contributed by atoms with Gasteiger partial charge >= 0.3 is 0 Å². The number of carbonyl (C=O) groups is 3. The minimum Gasteiger partial charge on any atom is -0.507 e. The van der Waals surface area contributed by atoms with Crippen LogP contribution in [0.2, 0.25) is 0 Å². The highest BCUT2D eigenvalue weighted by molar-refractivity contribution is 7.13. The van der Waals surface area contributed by atoms with Crippen molar-refractivity contribution in [2.24, 2.45) is 5.41 Å².